The predicted molar refractivity (Wildman–Crippen MR) is 95.6 cm³/mol. The number of halogens is 2. The summed E-state index contributed by atoms with van der Waals surface area (Å²) in [7, 11) is 0. The fourth-order valence-electron chi connectivity index (χ4n) is 2.22. The molecule has 1 fully saturated rings. The van der Waals surface area contributed by atoms with Crippen LogP contribution >= 0.6 is 46.3 Å². The van der Waals surface area contributed by atoms with Crippen LogP contribution in [0.4, 0.5) is 5.13 Å². The van der Waals surface area contributed by atoms with E-state index in [1.54, 1.807) is 0 Å². The molecular weight excluding hydrogens is 375 g/mol. The quantitative estimate of drug-likeness (QED) is 0.601. The van der Waals surface area contributed by atoms with Crippen molar-refractivity contribution in [1.29, 1.82) is 0 Å². The Morgan fingerprint density at radius 2 is 2.17 bits per heavy atom. The number of carbonyl (C=O) groups is 1. The number of hydrogen-bond donors (Lipinski definition) is 2. The van der Waals surface area contributed by atoms with Crippen molar-refractivity contribution in [3.63, 3.8) is 0 Å². The zero-order valence-corrected chi connectivity index (χ0v) is 15.2. The minimum atomic E-state index is -0.128. The van der Waals surface area contributed by atoms with Gasteiger partial charge in [-0.25, -0.2) is 0 Å². The molecule has 0 spiro atoms. The number of amides is 1. The van der Waals surface area contributed by atoms with E-state index in [-0.39, 0.29) is 11.9 Å². The normalized spacial score (nSPS) is 17.4. The highest BCUT2D eigenvalue weighted by Gasteiger charge is 2.23. The van der Waals surface area contributed by atoms with Crippen LogP contribution < -0.4 is 10.6 Å². The summed E-state index contributed by atoms with van der Waals surface area (Å²) in [5, 5.41) is 15.8. The molecule has 0 saturated carbocycles. The van der Waals surface area contributed by atoms with Crippen molar-refractivity contribution in [2.24, 2.45) is 0 Å². The lowest BCUT2D eigenvalue weighted by molar-refractivity contribution is -0.117. The van der Waals surface area contributed by atoms with Crippen LogP contribution in [-0.4, -0.2) is 28.7 Å². The van der Waals surface area contributed by atoms with Crippen LogP contribution in [0, 0.1) is 0 Å². The van der Waals surface area contributed by atoms with Gasteiger partial charge in [-0.1, -0.05) is 52.4 Å². The third-order valence-electron chi connectivity index (χ3n) is 3.42. The molecule has 1 saturated heterocycles. The predicted octanol–water partition coefficient (Wildman–Crippen LogP) is 3.83. The van der Waals surface area contributed by atoms with Gasteiger partial charge in [-0.2, -0.15) is 0 Å². The molecule has 2 N–H and O–H groups in total. The molecule has 0 aliphatic carbocycles. The monoisotopic (exact) mass is 388 g/mol. The number of benzene rings is 1. The first-order chi connectivity index (χ1) is 11.1. The summed E-state index contributed by atoms with van der Waals surface area (Å²) in [6, 6.07) is 5.30. The van der Waals surface area contributed by atoms with Crippen LogP contribution in [0.25, 0.3) is 0 Å². The largest absolute Gasteiger partial charge is 0.306 e. The standard InChI is InChI=1S/C14H14Cl2N4OS2/c15-9-3-1-4-10(16)8(9)7-22-14-20-19-13(23-14)18-12(21)11-5-2-6-17-11/h1,3-4,11,17H,2,5-7H2,(H,18,19,21). The number of thioether (sulfide) groups is 1. The SMILES string of the molecule is O=C(Nc1nnc(SCc2c(Cl)cccc2Cl)s1)C1CCCN1. The van der Waals surface area contributed by atoms with E-state index in [1.165, 1.54) is 23.1 Å². The maximum Gasteiger partial charge on any atom is 0.243 e. The number of carbonyl (C=O) groups excluding carboxylic acids is 1. The minimum Gasteiger partial charge on any atom is -0.306 e. The van der Waals surface area contributed by atoms with Crippen LogP contribution in [0.2, 0.25) is 10.0 Å². The van der Waals surface area contributed by atoms with Crippen molar-refractivity contribution in [3.05, 3.63) is 33.8 Å². The Balaban J connectivity index is 1.58. The molecule has 1 aromatic heterocycles. The third-order valence-corrected chi connectivity index (χ3v) is 6.12. The molecule has 5 nitrogen and oxygen atoms in total. The molecule has 1 atom stereocenters. The molecule has 23 heavy (non-hydrogen) atoms. The third kappa shape index (κ3) is 4.36. The molecule has 1 unspecified atom stereocenters. The lowest BCUT2D eigenvalue weighted by atomic mass is 10.2. The fraction of sp³-hybridized carbons (Fsp3) is 0.357. The number of rotatable bonds is 5. The second kappa shape index (κ2) is 7.81. The van der Waals surface area contributed by atoms with Crippen molar-refractivity contribution in [2.75, 3.05) is 11.9 Å². The van der Waals surface area contributed by atoms with E-state index in [2.05, 4.69) is 20.8 Å². The summed E-state index contributed by atoms with van der Waals surface area (Å²) in [5.74, 6) is 0.551. The summed E-state index contributed by atoms with van der Waals surface area (Å²) in [5.41, 5.74) is 0.872. The molecule has 0 radical (unpaired) electrons. The van der Waals surface area contributed by atoms with Crippen molar-refractivity contribution in [1.82, 2.24) is 15.5 Å². The molecule has 2 aromatic rings. The van der Waals surface area contributed by atoms with Gasteiger partial charge in [0.1, 0.15) is 0 Å². The van der Waals surface area contributed by atoms with Crippen LogP contribution in [0.5, 0.6) is 0 Å². The number of hydrogen-bond acceptors (Lipinski definition) is 6. The molecule has 1 aliphatic rings. The Labute approximate surface area is 152 Å². The van der Waals surface area contributed by atoms with Gasteiger partial charge in [-0.3, -0.25) is 10.1 Å². The highest BCUT2D eigenvalue weighted by Crippen LogP contribution is 2.33. The van der Waals surface area contributed by atoms with Gasteiger partial charge in [0.15, 0.2) is 4.34 Å². The first-order valence-corrected chi connectivity index (χ1v) is 9.63. The molecular formula is C14H14Cl2N4OS2. The minimum absolute atomic E-state index is 0.0515. The average Bonchev–Trinajstić information content (AvgIpc) is 3.18. The second-order valence-electron chi connectivity index (χ2n) is 5.00. The first kappa shape index (κ1) is 17.0. The van der Waals surface area contributed by atoms with E-state index in [0.717, 1.165) is 29.3 Å². The maximum atomic E-state index is 12.0. The Morgan fingerprint density at radius 1 is 1.39 bits per heavy atom. The van der Waals surface area contributed by atoms with Gasteiger partial charge in [0, 0.05) is 15.8 Å². The smallest absolute Gasteiger partial charge is 0.243 e. The zero-order chi connectivity index (χ0) is 16.2. The molecule has 1 amide bonds. The summed E-state index contributed by atoms with van der Waals surface area (Å²) in [6.45, 7) is 0.883. The Bertz CT molecular complexity index is 684. The zero-order valence-electron chi connectivity index (χ0n) is 12.0. The van der Waals surface area contributed by atoms with Crippen molar-refractivity contribution in [3.8, 4) is 0 Å². The van der Waals surface area contributed by atoms with Gasteiger partial charge in [-0.05, 0) is 37.1 Å². The average molecular weight is 389 g/mol. The van der Waals surface area contributed by atoms with Crippen LogP contribution in [0.15, 0.2) is 22.5 Å². The van der Waals surface area contributed by atoms with Gasteiger partial charge in [0.25, 0.3) is 0 Å². The van der Waals surface area contributed by atoms with Gasteiger partial charge in [0.05, 0.1) is 6.04 Å². The lowest BCUT2D eigenvalue weighted by Crippen LogP contribution is -2.35. The van der Waals surface area contributed by atoms with E-state index in [1.807, 2.05) is 18.2 Å². The first-order valence-electron chi connectivity index (χ1n) is 7.07. The Kier molecular flexibility index (Phi) is 5.76. The number of anilines is 1. The second-order valence-corrected chi connectivity index (χ2v) is 8.01. The van der Waals surface area contributed by atoms with Crippen LogP contribution in [0.1, 0.15) is 18.4 Å². The van der Waals surface area contributed by atoms with Crippen molar-refractivity contribution >= 4 is 57.3 Å². The van der Waals surface area contributed by atoms with E-state index in [4.69, 9.17) is 23.2 Å². The summed E-state index contributed by atoms with van der Waals surface area (Å²) in [6.07, 6.45) is 1.88. The molecule has 1 aliphatic heterocycles. The Morgan fingerprint density at radius 3 is 2.87 bits per heavy atom. The van der Waals surface area contributed by atoms with E-state index >= 15 is 0 Å². The van der Waals surface area contributed by atoms with Crippen LogP contribution in [-0.2, 0) is 10.5 Å². The molecule has 9 heteroatoms. The van der Waals surface area contributed by atoms with Crippen molar-refractivity contribution < 1.29 is 4.79 Å². The number of nitrogens with one attached hydrogen (secondary N) is 2. The highest BCUT2D eigenvalue weighted by molar-refractivity contribution is 8.00. The van der Waals surface area contributed by atoms with Gasteiger partial charge in [0.2, 0.25) is 11.0 Å². The number of aromatic nitrogens is 2. The topological polar surface area (TPSA) is 66.9 Å². The molecule has 2 heterocycles. The van der Waals surface area contributed by atoms with Crippen LogP contribution in [0.3, 0.4) is 0 Å². The summed E-state index contributed by atoms with van der Waals surface area (Å²) < 4.78 is 0.760. The van der Waals surface area contributed by atoms with E-state index < -0.39 is 0 Å². The van der Waals surface area contributed by atoms with Crippen molar-refractivity contribution in [2.45, 2.75) is 29.0 Å². The van der Waals surface area contributed by atoms with E-state index in [0.29, 0.717) is 20.9 Å². The van der Waals surface area contributed by atoms with Gasteiger partial charge >= 0.3 is 0 Å². The summed E-state index contributed by atoms with van der Waals surface area (Å²) >= 11 is 15.1. The van der Waals surface area contributed by atoms with E-state index in [9.17, 15) is 4.79 Å². The molecule has 1 aromatic carbocycles. The number of nitrogens with zero attached hydrogens (tertiary/aromatic N) is 2. The lowest BCUT2D eigenvalue weighted by Gasteiger charge is -2.07. The molecule has 0 bridgehead atoms. The summed E-state index contributed by atoms with van der Waals surface area (Å²) in [4.78, 5) is 12.0. The highest BCUT2D eigenvalue weighted by atomic mass is 35.5. The fourth-order valence-corrected chi connectivity index (χ4v) is 4.72. The maximum absolute atomic E-state index is 12.0. The van der Waals surface area contributed by atoms with Gasteiger partial charge in [-0.15, -0.1) is 10.2 Å². The Hall–Kier alpha value is -0.860. The van der Waals surface area contributed by atoms with Gasteiger partial charge < -0.3 is 5.32 Å². The molecule has 3 rings (SSSR count). The molecule has 122 valence electrons.